The number of ketones is 1. The predicted octanol–water partition coefficient (Wildman–Crippen LogP) is 3.69. The number of methoxy groups -OCH3 is 3. The second-order valence-electron chi connectivity index (χ2n) is 5.75. The highest BCUT2D eigenvalue weighted by atomic mass is 19.1. The van der Waals surface area contributed by atoms with Gasteiger partial charge in [-0.25, -0.2) is 9.18 Å². The van der Waals surface area contributed by atoms with Crippen LogP contribution in [-0.4, -0.2) is 39.7 Å². The van der Waals surface area contributed by atoms with Gasteiger partial charge in [0.1, 0.15) is 0 Å². The van der Waals surface area contributed by atoms with Crippen molar-refractivity contribution in [2.24, 2.45) is 0 Å². The van der Waals surface area contributed by atoms with Gasteiger partial charge in [0, 0.05) is 6.08 Å². The molecule has 0 aliphatic carbocycles. The van der Waals surface area contributed by atoms with Crippen molar-refractivity contribution in [2.75, 3.05) is 27.9 Å². The molecule has 0 saturated carbocycles. The van der Waals surface area contributed by atoms with Gasteiger partial charge in [0.2, 0.25) is 0 Å². The van der Waals surface area contributed by atoms with E-state index in [0.29, 0.717) is 22.6 Å². The Labute approximate surface area is 168 Å². The molecule has 2 aromatic rings. The van der Waals surface area contributed by atoms with Crippen molar-refractivity contribution in [1.82, 2.24) is 0 Å². The van der Waals surface area contributed by atoms with Crippen LogP contribution in [-0.2, 0) is 14.3 Å². The molecule has 0 atom stereocenters. The summed E-state index contributed by atoms with van der Waals surface area (Å²) in [5.74, 6) is -0.396. The van der Waals surface area contributed by atoms with E-state index in [9.17, 15) is 14.0 Å². The molecule has 0 saturated heterocycles. The second-order valence-corrected chi connectivity index (χ2v) is 5.75. The van der Waals surface area contributed by atoms with Crippen LogP contribution < -0.4 is 14.2 Å². The van der Waals surface area contributed by atoms with Crippen molar-refractivity contribution in [3.8, 4) is 17.2 Å². The Balaban J connectivity index is 1.88. The van der Waals surface area contributed by atoms with Gasteiger partial charge in [0.25, 0.3) is 0 Å². The number of ether oxygens (including phenoxy) is 4. The maximum absolute atomic E-state index is 13.4. The van der Waals surface area contributed by atoms with Crippen molar-refractivity contribution in [1.29, 1.82) is 0 Å². The lowest BCUT2D eigenvalue weighted by Crippen LogP contribution is -2.09. The molecule has 0 aliphatic heterocycles. The molecule has 2 rings (SSSR count). The third kappa shape index (κ3) is 6.49. The summed E-state index contributed by atoms with van der Waals surface area (Å²) in [6, 6.07) is 9.35. The summed E-state index contributed by atoms with van der Waals surface area (Å²) in [5, 5.41) is 0. The van der Waals surface area contributed by atoms with E-state index in [1.165, 1.54) is 63.8 Å². The van der Waals surface area contributed by atoms with E-state index in [4.69, 9.17) is 18.9 Å². The molecule has 0 spiro atoms. The molecular formula is C22H21FO6. The highest BCUT2D eigenvalue weighted by Crippen LogP contribution is 2.28. The van der Waals surface area contributed by atoms with E-state index >= 15 is 0 Å². The van der Waals surface area contributed by atoms with Gasteiger partial charge in [0.15, 0.2) is 35.5 Å². The third-order valence-corrected chi connectivity index (χ3v) is 3.81. The molecule has 0 aromatic heterocycles. The number of halogens is 1. The van der Waals surface area contributed by atoms with Crippen LogP contribution in [0.25, 0.3) is 12.2 Å². The molecule has 0 unspecified atom stereocenters. The number of benzene rings is 2. The molecule has 0 fully saturated rings. The molecule has 0 amide bonds. The van der Waals surface area contributed by atoms with E-state index in [2.05, 4.69) is 0 Å². The maximum Gasteiger partial charge on any atom is 0.331 e. The Kier molecular flexibility index (Phi) is 7.97. The minimum Gasteiger partial charge on any atom is -0.494 e. The molecule has 0 N–H and O–H groups in total. The van der Waals surface area contributed by atoms with Gasteiger partial charge in [-0.1, -0.05) is 18.2 Å². The van der Waals surface area contributed by atoms with E-state index in [1.807, 2.05) is 0 Å². The summed E-state index contributed by atoms with van der Waals surface area (Å²) in [6.45, 7) is -0.413. The highest BCUT2D eigenvalue weighted by Gasteiger charge is 2.06. The van der Waals surface area contributed by atoms with Crippen LogP contribution in [0.5, 0.6) is 17.2 Å². The first kappa shape index (κ1) is 21.7. The van der Waals surface area contributed by atoms with Crippen molar-refractivity contribution in [3.63, 3.8) is 0 Å². The number of esters is 1. The Hall–Kier alpha value is -3.61. The summed E-state index contributed by atoms with van der Waals surface area (Å²) < 4.78 is 33.5. The summed E-state index contributed by atoms with van der Waals surface area (Å²) in [5.41, 5.74) is 1.28. The van der Waals surface area contributed by atoms with E-state index in [1.54, 1.807) is 18.2 Å². The predicted molar refractivity (Wildman–Crippen MR) is 107 cm³/mol. The normalized spacial score (nSPS) is 10.9. The molecule has 7 heteroatoms. The molecule has 0 bridgehead atoms. The van der Waals surface area contributed by atoms with E-state index < -0.39 is 24.2 Å². The molecule has 0 heterocycles. The standard InChI is InChI=1S/C22H21FO6/c1-26-19-10-6-16(13-21(19)28-3)7-11-22(25)29-14-17(24)8-4-15-5-9-18(23)20(12-15)27-2/h4-13H,14H2,1-3H3/b8-4+,11-7+. The first-order valence-electron chi connectivity index (χ1n) is 8.58. The van der Waals surface area contributed by atoms with Gasteiger partial charge >= 0.3 is 5.97 Å². The van der Waals surface area contributed by atoms with Crippen LogP contribution in [0.15, 0.2) is 48.6 Å². The van der Waals surface area contributed by atoms with Gasteiger partial charge in [-0.3, -0.25) is 4.79 Å². The van der Waals surface area contributed by atoms with Crippen LogP contribution in [0, 0.1) is 5.82 Å². The Morgan fingerprint density at radius 1 is 0.828 bits per heavy atom. The lowest BCUT2D eigenvalue weighted by atomic mass is 10.2. The lowest BCUT2D eigenvalue weighted by molar-refractivity contribution is -0.141. The quantitative estimate of drug-likeness (QED) is 0.472. The average Bonchev–Trinajstić information content (AvgIpc) is 2.75. The van der Waals surface area contributed by atoms with Crippen molar-refractivity contribution in [2.45, 2.75) is 0 Å². The van der Waals surface area contributed by atoms with E-state index in [-0.39, 0.29) is 5.75 Å². The fraction of sp³-hybridized carbons (Fsp3) is 0.182. The van der Waals surface area contributed by atoms with Gasteiger partial charge in [0.05, 0.1) is 21.3 Å². The van der Waals surface area contributed by atoms with Gasteiger partial charge in [-0.15, -0.1) is 0 Å². The van der Waals surface area contributed by atoms with Crippen molar-refractivity contribution < 1.29 is 32.9 Å². The molecule has 152 valence electrons. The SMILES string of the molecule is COc1cc(/C=C/C(=O)COC(=O)/C=C/c2ccc(OC)c(OC)c2)ccc1F. The fourth-order valence-corrected chi connectivity index (χ4v) is 2.33. The Morgan fingerprint density at radius 2 is 1.41 bits per heavy atom. The zero-order valence-corrected chi connectivity index (χ0v) is 16.3. The smallest absolute Gasteiger partial charge is 0.331 e. The van der Waals surface area contributed by atoms with Gasteiger partial charge in [-0.2, -0.15) is 0 Å². The lowest BCUT2D eigenvalue weighted by Gasteiger charge is -2.07. The van der Waals surface area contributed by atoms with Crippen LogP contribution in [0.3, 0.4) is 0 Å². The fourth-order valence-electron chi connectivity index (χ4n) is 2.33. The Bertz CT molecular complexity index is 933. The summed E-state index contributed by atoms with van der Waals surface area (Å²) in [6.07, 6.45) is 5.48. The largest absolute Gasteiger partial charge is 0.494 e. The summed E-state index contributed by atoms with van der Waals surface area (Å²) in [7, 11) is 4.40. The molecule has 29 heavy (non-hydrogen) atoms. The minimum absolute atomic E-state index is 0.0753. The summed E-state index contributed by atoms with van der Waals surface area (Å²) >= 11 is 0. The van der Waals surface area contributed by atoms with Gasteiger partial charge < -0.3 is 18.9 Å². The zero-order chi connectivity index (χ0) is 21.2. The Morgan fingerprint density at radius 3 is 2.07 bits per heavy atom. The van der Waals surface area contributed by atoms with E-state index in [0.717, 1.165) is 0 Å². The molecule has 0 radical (unpaired) electrons. The first-order chi connectivity index (χ1) is 14.0. The first-order valence-corrected chi connectivity index (χ1v) is 8.58. The van der Waals surface area contributed by atoms with Crippen LogP contribution in [0.1, 0.15) is 11.1 Å². The number of carbonyl (C=O) groups excluding carboxylic acids is 2. The number of hydrogen-bond acceptors (Lipinski definition) is 6. The molecule has 6 nitrogen and oxygen atoms in total. The zero-order valence-electron chi connectivity index (χ0n) is 16.3. The number of hydrogen-bond donors (Lipinski definition) is 0. The minimum atomic E-state index is -0.662. The number of carbonyl (C=O) groups is 2. The second kappa shape index (κ2) is 10.7. The van der Waals surface area contributed by atoms with Crippen LogP contribution >= 0.6 is 0 Å². The average molecular weight is 400 g/mol. The maximum atomic E-state index is 13.4. The van der Waals surface area contributed by atoms with Crippen LogP contribution in [0.4, 0.5) is 4.39 Å². The molecular weight excluding hydrogens is 379 g/mol. The van der Waals surface area contributed by atoms with Crippen LogP contribution in [0.2, 0.25) is 0 Å². The van der Waals surface area contributed by atoms with Crippen molar-refractivity contribution in [3.05, 3.63) is 65.5 Å². The van der Waals surface area contributed by atoms with Crippen molar-refractivity contribution >= 4 is 23.9 Å². The summed E-state index contributed by atoms with van der Waals surface area (Å²) in [4.78, 5) is 23.6. The number of rotatable bonds is 9. The third-order valence-electron chi connectivity index (χ3n) is 3.81. The molecule has 2 aromatic carbocycles. The topological polar surface area (TPSA) is 71.1 Å². The monoisotopic (exact) mass is 400 g/mol. The van der Waals surface area contributed by atoms with Gasteiger partial charge in [-0.05, 0) is 47.5 Å². The highest BCUT2D eigenvalue weighted by molar-refractivity contribution is 5.96. The molecule has 0 aliphatic rings.